The quantitative estimate of drug-likeness (QED) is 0.867. The third kappa shape index (κ3) is 3.90. The summed E-state index contributed by atoms with van der Waals surface area (Å²) in [7, 11) is -1.88. The van der Waals surface area contributed by atoms with Gasteiger partial charge in [0.15, 0.2) is 14.6 Å². The summed E-state index contributed by atoms with van der Waals surface area (Å²) >= 11 is 0. The van der Waals surface area contributed by atoms with Crippen molar-refractivity contribution in [3.05, 3.63) is 35.6 Å². The summed E-state index contributed by atoms with van der Waals surface area (Å²) in [5.74, 6) is -0.646. The number of rotatable bonds is 5. The fraction of sp³-hybridized carbons (Fsp3) is 0.562. The van der Waals surface area contributed by atoms with E-state index in [-0.39, 0.29) is 11.7 Å². The van der Waals surface area contributed by atoms with Gasteiger partial charge in [-0.2, -0.15) is 0 Å². The second kappa shape index (κ2) is 6.97. The maximum absolute atomic E-state index is 12.9. The molecule has 2 rings (SSSR count). The van der Waals surface area contributed by atoms with Gasteiger partial charge in [0.05, 0.1) is 0 Å². The molecule has 0 aliphatic carbocycles. The normalized spacial score (nSPS) is 17.7. The smallest absolute Gasteiger partial charge is 0.243 e. The number of amides is 1. The first-order chi connectivity index (χ1) is 10.8. The summed E-state index contributed by atoms with van der Waals surface area (Å²) < 4.78 is 36.1. The zero-order chi connectivity index (χ0) is 17.1. The van der Waals surface area contributed by atoms with Gasteiger partial charge >= 0.3 is 0 Å². The van der Waals surface area contributed by atoms with Gasteiger partial charge < -0.3 is 10.2 Å². The molecule has 1 aromatic carbocycles. The molecule has 1 saturated heterocycles. The van der Waals surface area contributed by atoms with Gasteiger partial charge in [0.1, 0.15) is 5.82 Å². The van der Waals surface area contributed by atoms with Crippen molar-refractivity contribution in [2.24, 2.45) is 0 Å². The van der Waals surface area contributed by atoms with E-state index < -0.39 is 14.6 Å². The zero-order valence-corrected chi connectivity index (χ0v) is 14.3. The number of halogens is 1. The van der Waals surface area contributed by atoms with E-state index in [0.29, 0.717) is 38.9 Å². The molecule has 1 fully saturated rings. The van der Waals surface area contributed by atoms with Gasteiger partial charge in [0.25, 0.3) is 0 Å². The van der Waals surface area contributed by atoms with Crippen LogP contribution in [-0.2, 0) is 21.1 Å². The first kappa shape index (κ1) is 17.9. The van der Waals surface area contributed by atoms with Crippen molar-refractivity contribution < 1.29 is 17.6 Å². The molecule has 0 spiro atoms. The Kier molecular flexibility index (Phi) is 5.41. The van der Waals surface area contributed by atoms with E-state index in [1.54, 1.807) is 19.2 Å². The molecular formula is C16H23FN2O3S. The fourth-order valence-corrected chi connectivity index (χ4v) is 4.39. The van der Waals surface area contributed by atoms with Crippen molar-refractivity contribution in [2.45, 2.75) is 24.0 Å². The number of likely N-dealkylation sites (N-methyl/N-ethyl adjacent to an activating group) is 1. The van der Waals surface area contributed by atoms with Gasteiger partial charge in [-0.3, -0.25) is 4.79 Å². The number of benzene rings is 1. The van der Waals surface area contributed by atoms with Crippen LogP contribution >= 0.6 is 0 Å². The van der Waals surface area contributed by atoms with Crippen LogP contribution in [-0.4, -0.2) is 56.9 Å². The first-order valence-corrected chi connectivity index (χ1v) is 9.56. The van der Waals surface area contributed by atoms with Crippen LogP contribution in [0.1, 0.15) is 18.4 Å². The number of carbonyl (C=O) groups excluding carboxylic acids is 1. The van der Waals surface area contributed by atoms with Gasteiger partial charge in [-0.15, -0.1) is 0 Å². The molecule has 0 bridgehead atoms. The van der Waals surface area contributed by atoms with E-state index in [1.807, 2.05) is 0 Å². The summed E-state index contributed by atoms with van der Waals surface area (Å²) in [4.78, 5) is 14.3. The van der Waals surface area contributed by atoms with E-state index in [4.69, 9.17) is 0 Å². The van der Waals surface area contributed by atoms with Crippen molar-refractivity contribution in [3.63, 3.8) is 0 Å². The number of carbonyl (C=O) groups is 1. The number of nitrogens with zero attached hydrogens (tertiary/aromatic N) is 1. The summed E-state index contributed by atoms with van der Waals surface area (Å²) in [6.07, 6.45) is 2.29. The van der Waals surface area contributed by atoms with Crippen LogP contribution in [0.2, 0.25) is 0 Å². The Morgan fingerprint density at radius 1 is 1.26 bits per heavy atom. The Morgan fingerprint density at radius 3 is 2.35 bits per heavy atom. The number of hydrogen-bond acceptors (Lipinski definition) is 4. The molecular weight excluding hydrogens is 319 g/mol. The minimum atomic E-state index is -3.50. The lowest BCUT2D eigenvalue weighted by Crippen LogP contribution is -2.57. The Morgan fingerprint density at radius 2 is 1.83 bits per heavy atom. The van der Waals surface area contributed by atoms with Gasteiger partial charge in [-0.1, -0.05) is 12.1 Å². The SMILES string of the molecule is CN(CCc1ccc(F)cc1)C(=O)C1(S(C)(=O)=O)CCNCC1. The second-order valence-electron chi connectivity index (χ2n) is 6.12. The molecule has 1 aromatic rings. The molecule has 7 heteroatoms. The van der Waals surface area contributed by atoms with E-state index >= 15 is 0 Å². The number of piperidine rings is 1. The van der Waals surface area contributed by atoms with Crippen LogP contribution in [0.5, 0.6) is 0 Å². The molecule has 1 aliphatic heterocycles. The number of hydrogen-bond donors (Lipinski definition) is 1. The molecule has 0 saturated carbocycles. The van der Waals surface area contributed by atoms with Crippen molar-refractivity contribution in [3.8, 4) is 0 Å². The van der Waals surface area contributed by atoms with Crippen LogP contribution < -0.4 is 5.32 Å². The zero-order valence-electron chi connectivity index (χ0n) is 13.5. The minimum Gasteiger partial charge on any atom is -0.344 e. The highest BCUT2D eigenvalue weighted by molar-refractivity contribution is 7.92. The molecule has 128 valence electrons. The highest BCUT2D eigenvalue weighted by Gasteiger charge is 2.49. The maximum Gasteiger partial charge on any atom is 0.243 e. The Balaban J connectivity index is 2.09. The topological polar surface area (TPSA) is 66.5 Å². The largest absolute Gasteiger partial charge is 0.344 e. The lowest BCUT2D eigenvalue weighted by atomic mass is 9.95. The van der Waals surface area contributed by atoms with E-state index in [9.17, 15) is 17.6 Å². The van der Waals surface area contributed by atoms with Crippen molar-refractivity contribution in [2.75, 3.05) is 32.9 Å². The van der Waals surface area contributed by atoms with E-state index in [2.05, 4.69) is 5.32 Å². The lowest BCUT2D eigenvalue weighted by molar-refractivity contribution is -0.133. The van der Waals surface area contributed by atoms with Gasteiger partial charge in [0.2, 0.25) is 5.91 Å². The Labute approximate surface area is 136 Å². The van der Waals surface area contributed by atoms with Crippen LogP contribution in [0.4, 0.5) is 4.39 Å². The molecule has 23 heavy (non-hydrogen) atoms. The van der Waals surface area contributed by atoms with Crippen LogP contribution in [0, 0.1) is 5.82 Å². The second-order valence-corrected chi connectivity index (χ2v) is 8.45. The summed E-state index contributed by atoms with van der Waals surface area (Å²) in [5, 5.41) is 3.10. The monoisotopic (exact) mass is 342 g/mol. The molecule has 0 atom stereocenters. The van der Waals surface area contributed by atoms with Crippen LogP contribution in [0.15, 0.2) is 24.3 Å². The maximum atomic E-state index is 12.9. The number of sulfone groups is 1. The summed E-state index contributed by atoms with van der Waals surface area (Å²) in [6.45, 7) is 1.43. The first-order valence-electron chi connectivity index (χ1n) is 7.66. The third-order valence-corrected chi connectivity index (χ3v) is 6.51. The summed E-state index contributed by atoms with van der Waals surface area (Å²) in [5.41, 5.74) is 0.907. The standard InChI is InChI=1S/C16H23FN2O3S/c1-19(12-7-13-3-5-14(17)6-4-13)15(20)16(23(2,21)22)8-10-18-11-9-16/h3-6,18H,7-12H2,1-2H3. The molecule has 0 aromatic heterocycles. The predicted octanol–water partition coefficient (Wildman–Crippen LogP) is 0.993. The number of nitrogens with one attached hydrogen (secondary N) is 1. The molecule has 1 amide bonds. The average molecular weight is 342 g/mol. The highest BCUT2D eigenvalue weighted by Crippen LogP contribution is 2.29. The van der Waals surface area contributed by atoms with Crippen LogP contribution in [0.3, 0.4) is 0 Å². The van der Waals surface area contributed by atoms with Crippen molar-refractivity contribution in [1.82, 2.24) is 10.2 Å². The van der Waals surface area contributed by atoms with E-state index in [0.717, 1.165) is 11.8 Å². The average Bonchev–Trinajstić information content (AvgIpc) is 2.53. The van der Waals surface area contributed by atoms with Gasteiger partial charge in [-0.25, -0.2) is 12.8 Å². The fourth-order valence-electron chi connectivity index (χ4n) is 2.97. The molecule has 0 radical (unpaired) electrons. The Hall–Kier alpha value is -1.47. The molecule has 1 aliphatic rings. The predicted molar refractivity (Wildman–Crippen MR) is 87.4 cm³/mol. The molecule has 1 heterocycles. The van der Waals surface area contributed by atoms with Gasteiger partial charge in [-0.05, 0) is 50.0 Å². The van der Waals surface area contributed by atoms with Crippen molar-refractivity contribution in [1.29, 1.82) is 0 Å². The third-order valence-electron chi connectivity index (χ3n) is 4.51. The highest BCUT2D eigenvalue weighted by atomic mass is 32.2. The Bertz CT molecular complexity index is 652. The summed E-state index contributed by atoms with van der Waals surface area (Å²) in [6, 6.07) is 6.10. The minimum absolute atomic E-state index is 0.297. The van der Waals surface area contributed by atoms with E-state index in [1.165, 1.54) is 17.0 Å². The van der Waals surface area contributed by atoms with Crippen molar-refractivity contribution >= 4 is 15.7 Å². The lowest BCUT2D eigenvalue weighted by Gasteiger charge is -2.37. The van der Waals surface area contributed by atoms with Gasteiger partial charge in [0, 0.05) is 19.8 Å². The molecule has 1 N–H and O–H groups in total. The van der Waals surface area contributed by atoms with Crippen LogP contribution in [0.25, 0.3) is 0 Å². The molecule has 0 unspecified atom stereocenters. The molecule has 5 nitrogen and oxygen atoms in total.